The second-order valence-corrected chi connectivity index (χ2v) is 8.31. The Morgan fingerprint density at radius 1 is 1.19 bits per heavy atom. The van der Waals surface area contributed by atoms with Crippen molar-refractivity contribution >= 4 is 33.8 Å². The summed E-state index contributed by atoms with van der Waals surface area (Å²) in [5, 5.41) is 4.30. The van der Waals surface area contributed by atoms with E-state index in [4.69, 9.17) is 0 Å². The molecule has 1 saturated heterocycles. The van der Waals surface area contributed by atoms with Gasteiger partial charge in [0.15, 0.2) is 11.5 Å². The van der Waals surface area contributed by atoms with Gasteiger partial charge in [-0.25, -0.2) is 9.97 Å². The van der Waals surface area contributed by atoms with Crippen molar-refractivity contribution in [2.24, 2.45) is 13.0 Å². The first-order valence-electron chi connectivity index (χ1n) is 11.0. The van der Waals surface area contributed by atoms with Gasteiger partial charge in [-0.1, -0.05) is 18.2 Å². The minimum atomic E-state index is -0.155. The van der Waals surface area contributed by atoms with Crippen LogP contribution in [0, 0.1) is 5.92 Å². The maximum Gasteiger partial charge on any atom is 0.294 e. The lowest BCUT2D eigenvalue weighted by Gasteiger charge is -2.31. The number of pyridine rings is 1. The number of aromatic nitrogens is 4. The normalized spacial score (nSPS) is 14.8. The summed E-state index contributed by atoms with van der Waals surface area (Å²) in [5.74, 6) is 0.486. The molecule has 8 heteroatoms. The van der Waals surface area contributed by atoms with Crippen LogP contribution in [-0.2, 0) is 18.3 Å². The molecule has 4 aromatic rings. The van der Waals surface area contributed by atoms with Crippen molar-refractivity contribution in [3.05, 3.63) is 64.7 Å². The Morgan fingerprint density at radius 2 is 2.00 bits per heavy atom. The van der Waals surface area contributed by atoms with Crippen LogP contribution in [0.1, 0.15) is 18.4 Å². The molecule has 4 heterocycles. The van der Waals surface area contributed by atoms with Crippen LogP contribution < -0.4 is 15.8 Å². The molecule has 2 N–H and O–H groups in total. The number of fused-ring (bicyclic) bond motifs is 2. The molecule has 8 nitrogen and oxygen atoms in total. The van der Waals surface area contributed by atoms with Gasteiger partial charge in [-0.3, -0.25) is 14.2 Å². The third kappa shape index (κ3) is 3.72. The fourth-order valence-corrected chi connectivity index (χ4v) is 4.50. The first-order chi connectivity index (χ1) is 15.6. The number of piperidine rings is 1. The van der Waals surface area contributed by atoms with Crippen LogP contribution in [0.5, 0.6) is 0 Å². The molecule has 32 heavy (non-hydrogen) atoms. The molecule has 1 aliphatic heterocycles. The Balaban J connectivity index is 1.18. The number of nitrogens with zero attached hydrogens (tertiary/aromatic N) is 4. The number of anilines is 1. The van der Waals surface area contributed by atoms with E-state index < -0.39 is 0 Å². The van der Waals surface area contributed by atoms with Crippen molar-refractivity contribution in [2.45, 2.75) is 19.3 Å². The molecular formula is C24H26N6O2. The molecule has 0 radical (unpaired) electrons. The Kier molecular flexibility index (Phi) is 5.34. The second-order valence-electron chi connectivity index (χ2n) is 8.31. The topological polar surface area (TPSA) is 95.9 Å². The number of rotatable bonds is 5. The number of nitrogens with one attached hydrogen (secondary N) is 2. The number of hydrogen-bond acceptors (Lipinski definition) is 5. The predicted molar refractivity (Wildman–Crippen MR) is 125 cm³/mol. The standard InChI is InChI=1S/C24H26N6O2/c1-29-21-20(7-4-11-25-21)28-22(24(29)32)30-13-9-16(10-14-30)23(31)26-12-8-17-15-27-19-6-3-2-5-18(17)19/h2-7,11,15-16,27H,8-10,12-14H2,1H3,(H,26,31). The number of benzene rings is 1. The smallest absolute Gasteiger partial charge is 0.294 e. The molecule has 1 fully saturated rings. The van der Waals surface area contributed by atoms with Gasteiger partial charge in [-0.2, -0.15) is 0 Å². The highest BCUT2D eigenvalue weighted by Gasteiger charge is 2.27. The molecule has 1 aromatic carbocycles. The first-order valence-corrected chi connectivity index (χ1v) is 11.0. The minimum Gasteiger partial charge on any atom is -0.361 e. The molecule has 0 unspecified atom stereocenters. The molecule has 1 aliphatic rings. The van der Waals surface area contributed by atoms with Crippen LogP contribution in [0.4, 0.5) is 5.82 Å². The molecule has 164 valence electrons. The van der Waals surface area contributed by atoms with Gasteiger partial charge in [0.2, 0.25) is 5.91 Å². The van der Waals surface area contributed by atoms with Gasteiger partial charge in [0.05, 0.1) is 0 Å². The van der Waals surface area contributed by atoms with Gasteiger partial charge in [0, 0.05) is 55.9 Å². The van der Waals surface area contributed by atoms with Crippen molar-refractivity contribution in [1.29, 1.82) is 0 Å². The molecule has 0 spiro atoms. The fourth-order valence-electron chi connectivity index (χ4n) is 4.50. The summed E-state index contributed by atoms with van der Waals surface area (Å²) in [6, 6.07) is 11.9. The zero-order chi connectivity index (χ0) is 22.1. The van der Waals surface area contributed by atoms with E-state index in [1.807, 2.05) is 35.4 Å². The van der Waals surface area contributed by atoms with Crippen molar-refractivity contribution < 1.29 is 4.79 Å². The van der Waals surface area contributed by atoms with E-state index in [1.165, 1.54) is 10.9 Å². The quantitative estimate of drug-likeness (QED) is 0.507. The number of carbonyl (C=O) groups excluding carboxylic acids is 1. The number of aromatic amines is 1. The summed E-state index contributed by atoms with van der Waals surface area (Å²) < 4.78 is 1.54. The van der Waals surface area contributed by atoms with E-state index in [0.717, 1.165) is 11.9 Å². The highest BCUT2D eigenvalue weighted by atomic mass is 16.2. The van der Waals surface area contributed by atoms with E-state index in [-0.39, 0.29) is 17.4 Å². The Bertz CT molecular complexity index is 1330. The molecule has 3 aromatic heterocycles. The zero-order valence-electron chi connectivity index (χ0n) is 18.0. The lowest BCUT2D eigenvalue weighted by Crippen LogP contribution is -2.43. The van der Waals surface area contributed by atoms with Gasteiger partial charge >= 0.3 is 0 Å². The third-order valence-electron chi connectivity index (χ3n) is 6.34. The van der Waals surface area contributed by atoms with Gasteiger partial charge in [0.1, 0.15) is 5.52 Å². The number of amides is 1. The van der Waals surface area contributed by atoms with E-state index in [0.29, 0.717) is 49.5 Å². The Hall–Kier alpha value is -3.68. The monoisotopic (exact) mass is 430 g/mol. The Morgan fingerprint density at radius 3 is 2.84 bits per heavy atom. The molecule has 5 rings (SSSR count). The van der Waals surface area contributed by atoms with E-state index >= 15 is 0 Å². The van der Waals surface area contributed by atoms with Crippen molar-refractivity contribution in [3.8, 4) is 0 Å². The van der Waals surface area contributed by atoms with Crippen LogP contribution in [0.3, 0.4) is 0 Å². The van der Waals surface area contributed by atoms with Gasteiger partial charge in [0.25, 0.3) is 5.56 Å². The van der Waals surface area contributed by atoms with Gasteiger partial charge in [-0.05, 0) is 43.0 Å². The average molecular weight is 431 g/mol. The maximum atomic E-state index is 12.8. The SMILES string of the molecule is Cn1c(=O)c(N2CCC(C(=O)NCCc3c[nH]c4ccccc34)CC2)nc2cccnc21. The highest BCUT2D eigenvalue weighted by Crippen LogP contribution is 2.22. The molecule has 1 amide bonds. The van der Waals surface area contributed by atoms with Crippen molar-refractivity contribution in [2.75, 3.05) is 24.5 Å². The van der Waals surface area contributed by atoms with Crippen LogP contribution in [0.2, 0.25) is 0 Å². The molecule has 0 aliphatic carbocycles. The molecule has 0 atom stereocenters. The number of hydrogen-bond donors (Lipinski definition) is 2. The molecule has 0 saturated carbocycles. The second kappa shape index (κ2) is 8.45. The first kappa shape index (κ1) is 20.2. The number of aryl methyl sites for hydroxylation is 1. The fraction of sp³-hybridized carbons (Fsp3) is 0.333. The summed E-state index contributed by atoms with van der Waals surface area (Å²) in [7, 11) is 1.72. The highest BCUT2D eigenvalue weighted by molar-refractivity contribution is 5.83. The predicted octanol–water partition coefficient (Wildman–Crippen LogP) is 2.39. The minimum absolute atomic E-state index is 0.0415. The van der Waals surface area contributed by atoms with E-state index in [1.54, 1.807) is 17.8 Å². The summed E-state index contributed by atoms with van der Waals surface area (Å²) in [6.45, 7) is 1.88. The van der Waals surface area contributed by atoms with Crippen LogP contribution >= 0.6 is 0 Å². The lowest BCUT2D eigenvalue weighted by molar-refractivity contribution is -0.125. The van der Waals surface area contributed by atoms with Crippen LogP contribution in [0.15, 0.2) is 53.6 Å². The Labute approximate surface area is 185 Å². The molecular weight excluding hydrogens is 404 g/mol. The summed E-state index contributed by atoms with van der Waals surface area (Å²) in [6.07, 6.45) is 5.87. The van der Waals surface area contributed by atoms with Crippen LogP contribution in [-0.4, -0.2) is 45.1 Å². The van der Waals surface area contributed by atoms with Gasteiger partial charge < -0.3 is 15.2 Å². The average Bonchev–Trinajstić information content (AvgIpc) is 3.24. The number of carbonyl (C=O) groups is 1. The van der Waals surface area contributed by atoms with Crippen LogP contribution in [0.25, 0.3) is 22.1 Å². The summed E-state index contributed by atoms with van der Waals surface area (Å²) in [4.78, 5) is 39.6. The largest absolute Gasteiger partial charge is 0.361 e. The van der Waals surface area contributed by atoms with E-state index in [9.17, 15) is 9.59 Å². The zero-order valence-corrected chi connectivity index (χ0v) is 18.0. The molecule has 0 bridgehead atoms. The number of para-hydroxylation sites is 1. The van der Waals surface area contributed by atoms with E-state index in [2.05, 4.69) is 32.4 Å². The maximum absolute atomic E-state index is 12.8. The summed E-state index contributed by atoms with van der Waals surface area (Å²) >= 11 is 0. The number of H-pyrrole nitrogens is 1. The van der Waals surface area contributed by atoms with Crippen molar-refractivity contribution in [3.63, 3.8) is 0 Å². The van der Waals surface area contributed by atoms with Gasteiger partial charge in [-0.15, -0.1) is 0 Å². The summed E-state index contributed by atoms with van der Waals surface area (Å²) in [5.41, 5.74) is 3.44. The third-order valence-corrected chi connectivity index (χ3v) is 6.34. The lowest BCUT2D eigenvalue weighted by atomic mass is 9.96. The van der Waals surface area contributed by atoms with Crippen molar-refractivity contribution in [1.82, 2.24) is 24.8 Å².